The Balaban J connectivity index is 0.000000151. The highest BCUT2D eigenvalue weighted by Gasteiger charge is 2.42. The van der Waals surface area contributed by atoms with Crippen molar-refractivity contribution in [1.82, 2.24) is 0 Å². The maximum absolute atomic E-state index is 9.21. The van der Waals surface area contributed by atoms with Gasteiger partial charge in [-0.25, -0.2) is 0 Å². The van der Waals surface area contributed by atoms with Crippen molar-refractivity contribution in [2.75, 3.05) is 6.61 Å². The van der Waals surface area contributed by atoms with Crippen molar-refractivity contribution < 1.29 is 9.84 Å². The highest BCUT2D eigenvalue weighted by molar-refractivity contribution is 4.95. The zero-order chi connectivity index (χ0) is 11.5. The third-order valence-electron chi connectivity index (χ3n) is 3.55. The zero-order valence-corrected chi connectivity index (χ0v) is 10.6. The summed E-state index contributed by atoms with van der Waals surface area (Å²) in [4.78, 5) is 0. The average molecular weight is 214 g/mol. The van der Waals surface area contributed by atoms with Gasteiger partial charge in [-0.3, -0.25) is 0 Å². The van der Waals surface area contributed by atoms with Crippen LogP contribution < -0.4 is 0 Å². The largest absolute Gasteiger partial charge is 0.390 e. The van der Waals surface area contributed by atoms with Crippen molar-refractivity contribution in [3.8, 4) is 0 Å². The molecule has 0 aromatic rings. The normalized spacial score (nSPS) is 27.8. The van der Waals surface area contributed by atoms with Crippen molar-refractivity contribution in [3.63, 3.8) is 0 Å². The Bertz CT molecular complexity index is 177. The molecule has 0 aromatic carbocycles. The number of ether oxygens (including phenoxy) is 1. The minimum absolute atomic E-state index is 0.250. The molecule has 1 aliphatic carbocycles. The van der Waals surface area contributed by atoms with Crippen LogP contribution in [0.2, 0.25) is 0 Å². The van der Waals surface area contributed by atoms with E-state index in [-0.39, 0.29) is 5.60 Å². The second-order valence-electron chi connectivity index (χ2n) is 5.55. The molecule has 2 heteroatoms. The van der Waals surface area contributed by atoms with Gasteiger partial charge < -0.3 is 9.84 Å². The quantitative estimate of drug-likeness (QED) is 0.765. The van der Waals surface area contributed by atoms with Gasteiger partial charge in [0.05, 0.1) is 11.7 Å². The molecule has 1 saturated carbocycles. The van der Waals surface area contributed by atoms with Crippen LogP contribution in [0.3, 0.4) is 0 Å². The van der Waals surface area contributed by atoms with Crippen LogP contribution in [0.25, 0.3) is 0 Å². The lowest BCUT2D eigenvalue weighted by molar-refractivity contribution is 0.0758. The summed E-state index contributed by atoms with van der Waals surface area (Å²) in [6.07, 6.45) is 5.14. The van der Waals surface area contributed by atoms with E-state index < -0.39 is 0 Å². The van der Waals surface area contributed by atoms with Crippen molar-refractivity contribution >= 4 is 0 Å². The van der Waals surface area contributed by atoms with Gasteiger partial charge in [-0.05, 0) is 37.5 Å². The molecule has 0 radical (unpaired) electrons. The Morgan fingerprint density at radius 3 is 1.93 bits per heavy atom. The Labute approximate surface area is 94.0 Å². The standard InChI is InChI=1S/C7H14O.C6H12O/c1-6(2)7-4-3-5-8-7;1-5(2)6(7)3-4-6/h6-7H,3-5H2,1-2H3;5,7H,3-4H2,1-2H3/t7-;/m1./s1. The minimum Gasteiger partial charge on any atom is -0.390 e. The fourth-order valence-electron chi connectivity index (χ4n) is 1.83. The number of rotatable bonds is 2. The molecule has 1 aliphatic heterocycles. The summed E-state index contributed by atoms with van der Waals surface area (Å²) in [5, 5.41) is 9.21. The smallest absolute Gasteiger partial charge is 0.0672 e. The molecule has 2 rings (SSSR count). The maximum atomic E-state index is 9.21. The first-order valence-electron chi connectivity index (χ1n) is 6.29. The summed E-state index contributed by atoms with van der Waals surface area (Å²) in [6, 6.07) is 0. The molecule has 1 atom stereocenters. The molecule has 0 amide bonds. The predicted molar refractivity (Wildman–Crippen MR) is 62.8 cm³/mol. The Kier molecular flexibility index (Phi) is 4.60. The summed E-state index contributed by atoms with van der Waals surface area (Å²) < 4.78 is 5.41. The first-order chi connectivity index (χ1) is 6.96. The molecule has 2 fully saturated rings. The van der Waals surface area contributed by atoms with Crippen LogP contribution in [0.15, 0.2) is 0 Å². The van der Waals surface area contributed by atoms with E-state index in [0.717, 1.165) is 25.4 Å². The van der Waals surface area contributed by atoms with Crippen molar-refractivity contribution in [2.24, 2.45) is 11.8 Å². The van der Waals surface area contributed by atoms with E-state index in [1.807, 2.05) is 0 Å². The monoisotopic (exact) mass is 214 g/mol. The van der Waals surface area contributed by atoms with E-state index >= 15 is 0 Å². The first-order valence-corrected chi connectivity index (χ1v) is 6.29. The number of hydrogen-bond donors (Lipinski definition) is 1. The molecule has 1 saturated heterocycles. The fourth-order valence-corrected chi connectivity index (χ4v) is 1.83. The molecule has 0 spiro atoms. The van der Waals surface area contributed by atoms with E-state index in [2.05, 4.69) is 27.7 Å². The van der Waals surface area contributed by atoms with E-state index in [1.165, 1.54) is 12.8 Å². The lowest BCUT2D eigenvalue weighted by Crippen LogP contribution is -2.14. The average Bonchev–Trinajstić information content (AvgIpc) is 2.70. The molecular weight excluding hydrogens is 188 g/mol. The number of hydrogen-bond acceptors (Lipinski definition) is 2. The van der Waals surface area contributed by atoms with Crippen molar-refractivity contribution in [3.05, 3.63) is 0 Å². The molecule has 2 aliphatic rings. The Hall–Kier alpha value is -0.0800. The second kappa shape index (κ2) is 5.31. The topological polar surface area (TPSA) is 29.5 Å². The molecule has 15 heavy (non-hydrogen) atoms. The third-order valence-corrected chi connectivity index (χ3v) is 3.55. The van der Waals surface area contributed by atoms with Crippen LogP contribution in [-0.4, -0.2) is 23.4 Å². The van der Waals surface area contributed by atoms with Crippen LogP contribution in [0.1, 0.15) is 53.4 Å². The van der Waals surface area contributed by atoms with Gasteiger partial charge in [0.15, 0.2) is 0 Å². The zero-order valence-electron chi connectivity index (χ0n) is 10.6. The van der Waals surface area contributed by atoms with Crippen LogP contribution in [-0.2, 0) is 4.74 Å². The molecule has 0 bridgehead atoms. The van der Waals surface area contributed by atoms with Gasteiger partial charge in [0, 0.05) is 6.61 Å². The van der Waals surface area contributed by atoms with Crippen molar-refractivity contribution in [2.45, 2.75) is 65.1 Å². The summed E-state index contributed by atoms with van der Waals surface area (Å²) >= 11 is 0. The van der Waals surface area contributed by atoms with Gasteiger partial charge in [0.2, 0.25) is 0 Å². The summed E-state index contributed by atoms with van der Waals surface area (Å²) in [5.74, 6) is 1.19. The van der Waals surface area contributed by atoms with Gasteiger partial charge >= 0.3 is 0 Å². The lowest BCUT2D eigenvalue weighted by Gasteiger charge is -2.11. The molecule has 90 valence electrons. The van der Waals surface area contributed by atoms with Crippen molar-refractivity contribution in [1.29, 1.82) is 0 Å². The van der Waals surface area contributed by atoms with Gasteiger partial charge in [0.25, 0.3) is 0 Å². The van der Waals surface area contributed by atoms with E-state index in [9.17, 15) is 5.11 Å². The van der Waals surface area contributed by atoms with Gasteiger partial charge in [0.1, 0.15) is 0 Å². The van der Waals surface area contributed by atoms with Crippen LogP contribution in [0.4, 0.5) is 0 Å². The van der Waals surface area contributed by atoms with Crippen LogP contribution in [0, 0.1) is 11.8 Å². The Morgan fingerprint density at radius 2 is 1.80 bits per heavy atom. The Morgan fingerprint density at radius 1 is 1.20 bits per heavy atom. The second-order valence-corrected chi connectivity index (χ2v) is 5.55. The van der Waals surface area contributed by atoms with E-state index in [1.54, 1.807) is 0 Å². The fraction of sp³-hybridized carbons (Fsp3) is 1.00. The van der Waals surface area contributed by atoms with Crippen LogP contribution in [0.5, 0.6) is 0 Å². The van der Waals surface area contributed by atoms with E-state index in [0.29, 0.717) is 12.0 Å². The highest BCUT2D eigenvalue weighted by atomic mass is 16.5. The predicted octanol–water partition coefficient (Wildman–Crippen LogP) is 2.99. The summed E-state index contributed by atoms with van der Waals surface area (Å²) in [6.45, 7) is 9.55. The lowest BCUT2D eigenvalue weighted by atomic mass is 10.1. The molecule has 0 unspecified atom stereocenters. The summed E-state index contributed by atoms with van der Waals surface area (Å²) in [5.41, 5.74) is -0.250. The van der Waals surface area contributed by atoms with Gasteiger partial charge in [-0.2, -0.15) is 0 Å². The molecule has 1 N–H and O–H groups in total. The molecule has 2 nitrogen and oxygen atoms in total. The number of aliphatic hydroxyl groups is 1. The van der Waals surface area contributed by atoms with Crippen LogP contribution >= 0.6 is 0 Å². The molecular formula is C13H26O2. The van der Waals surface area contributed by atoms with Gasteiger partial charge in [-0.15, -0.1) is 0 Å². The molecule has 0 aromatic heterocycles. The highest BCUT2D eigenvalue weighted by Crippen LogP contribution is 2.41. The van der Waals surface area contributed by atoms with E-state index in [4.69, 9.17) is 4.74 Å². The summed E-state index contributed by atoms with van der Waals surface area (Å²) in [7, 11) is 0. The third kappa shape index (κ3) is 4.12. The van der Waals surface area contributed by atoms with Gasteiger partial charge in [-0.1, -0.05) is 27.7 Å². The SMILES string of the molecule is CC(C)C1(O)CC1.CC(C)[C@H]1CCCO1. The molecule has 1 heterocycles. The minimum atomic E-state index is -0.250. The maximum Gasteiger partial charge on any atom is 0.0672 e. The first kappa shape index (κ1) is 13.0.